The molecule has 2 aromatic rings. The van der Waals surface area contributed by atoms with Gasteiger partial charge in [0.25, 0.3) is 5.91 Å². The van der Waals surface area contributed by atoms with E-state index in [2.05, 4.69) is 5.32 Å². The van der Waals surface area contributed by atoms with Gasteiger partial charge in [-0.15, -0.1) is 0 Å². The van der Waals surface area contributed by atoms with Crippen molar-refractivity contribution in [2.75, 3.05) is 5.32 Å². The van der Waals surface area contributed by atoms with Crippen LogP contribution in [0.25, 0.3) is 0 Å². The zero-order chi connectivity index (χ0) is 14.5. The van der Waals surface area contributed by atoms with Crippen molar-refractivity contribution in [3.05, 3.63) is 64.2 Å². The molecule has 0 radical (unpaired) electrons. The summed E-state index contributed by atoms with van der Waals surface area (Å²) < 4.78 is 28.1. The highest BCUT2D eigenvalue weighted by atomic mass is 35.5. The van der Waals surface area contributed by atoms with Crippen LogP contribution in [0.2, 0.25) is 5.02 Å². The summed E-state index contributed by atoms with van der Waals surface area (Å²) in [5.41, 5.74) is -3.01. The van der Waals surface area contributed by atoms with Crippen LogP contribution in [0, 0.1) is 11.6 Å². The molecule has 2 aromatic carbocycles. The molecule has 1 amide bonds. The summed E-state index contributed by atoms with van der Waals surface area (Å²) in [6.07, 6.45) is 0. The summed E-state index contributed by atoms with van der Waals surface area (Å²) in [4.78, 5) is 12.0. The molecule has 0 aliphatic carbocycles. The zero-order valence-corrected chi connectivity index (χ0v) is 10.7. The smallest absolute Gasteiger partial charge is 0.266 e. The maximum Gasteiger partial charge on any atom is 0.266 e. The van der Waals surface area contributed by atoms with E-state index in [-0.39, 0.29) is 21.8 Å². The van der Waals surface area contributed by atoms with Crippen LogP contribution in [0.15, 0.2) is 36.4 Å². The minimum atomic E-state index is -2.43. The van der Waals surface area contributed by atoms with Crippen LogP contribution >= 0.6 is 11.6 Å². The van der Waals surface area contributed by atoms with Crippen LogP contribution in [0.5, 0.6) is 0 Å². The SMILES string of the molecule is O=C1Nc2cccc(F)c2C1(O)c1cccc(Cl)c1F. The topological polar surface area (TPSA) is 49.3 Å². The van der Waals surface area contributed by atoms with Gasteiger partial charge >= 0.3 is 0 Å². The van der Waals surface area contributed by atoms with Crippen LogP contribution in [0.1, 0.15) is 11.1 Å². The second kappa shape index (κ2) is 4.26. The Balaban J connectivity index is 2.33. The number of anilines is 1. The predicted molar refractivity (Wildman–Crippen MR) is 69.4 cm³/mol. The highest BCUT2D eigenvalue weighted by Gasteiger charge is 2.50. The third-order valence-electron chi connectivity index (χ3n) is 3.29. The predicted octanol–water partition coefficient (Wildman–Crippen LogP) is 2.81. The lowest BCUT2D eigenvalue weighted by atomic mass is 9.87. The highest BCUT2D eigenvalue weighted by Crippen LogP contribution is 2.43. The Kier molecular flexibility index (Phi) is 2.77. The van der Waals surface area contributed by atoms with Crippen molar-refractivity contribution in [2.45, 2.75) is 5.60 Å². The molecule has 0 saturated heterocycles. The van der Waals surface area contributed by atoms with Gasteiger partial charge in [-0.1, -0.05) is 29.8 Å². The largest absolute Gasteiger partial charge is 0.371 e. The normalized spacial score (nSPS) is 20.7. The average molecular weight is 296 g/mol. The monoisotopic (exact) mass is 295 g/mol. The van der Waals surface area contributed by atoms with Crippen molar-refractivity contribution in [2.24, 2.45) is 0 Å². The minimum absolute atomic E-state index is 0.108. The van der Waals surface area contributed by atoms with Gasteiger partial charge in [-0.05, 0) is 18.2 Å². The maximum absolute atomic E-state index is 14.1. The van der Waals surface area contributed by atoms with E-state index >= 15 is 0 Å². The molecule has 0 fully saturated rings. The van der Waals surface area contributed by atoms with Crippen molar-refractivity contribution >= 4 is 23.2 Å². The maximum atomic E-state index is 14.1. The van der Waals surface area contributed by atoms with E-state index in [1.54, 1.807) is 0 Å². The molecule has 1 atom stereocenters. The molecule has 20 heavy (non-hydrogen) atoms. The van der Waals surface area contributed by atoms with Gasteiger partial charge in [-0.3, -0.25) is 4.79 Å². The molecule has 102 valence electrons. The standard InChI is InChI=1S/C14H8ClF2NO2/c15-8-4-1-3-7(12(8)17)14(20)11-9(16)5-2-6-10(11)18-13(14)19/h1-6,20H,(H,18,19). The van der Waals surface area contributed by atoms with E-state index in [0.717, 1.165) is 6.07 Å². The summed E-state index contributed by atoms with van der Waals surface area (Å²) >= 11 is 5.66. The van der Waals surface area contributed by atoms with Gasteiger partial charge in [0.2, 0.25) is 5.60 Å². The Morgan fingerprint density at radius 1 is 1.15 bits per heavy atom. The Morgan fingerprint density at radius 2 is 1.85 bits per heavy atom. The molecule has 1 aliphatic rings. The first-order chi connectivity index (χ1) is 9.46. The number of aliphatic hydroxyl groups is 1. The fourth-order valence-corrected chi connectivity index (χ4v) is 2.54. The first kappa shape index (κ1) is 13.0. The molecule has 0 spiro atoms. The third kappa shape index (κ3) is 1.57. The Labute approximate surface area is 117 Å². The number of fused-ring (bicyclic) bond motifs is 1. The summed E-state index contributed by atoms with van der Waals surface area (Å²) in [5.74, 6) is -2.68. The van der Waals surface area contributed by atoms with E-state index < -0.39 is 23.1 Å². The summed E-state index contributed by atoms with van der Waals surface area (Å²) in [6, 6.07) is 7.75. The molecule has 0 aromatic heterocycles. The summed E-state index contributed by atoms with van der Waals surface area (Å²) in [7, 11) is 0. The van der Waals surface area contributed by atoms with E-state index in [4.69, 9.17) is 11.6 Å². The molecule has 1 unspecified atom stereocenters. The number of nitrogens with one attached hydrogen (secondary N) is 1. The van der Waals surface area contributed by atoms with Crippen LogP contribution < -0.4 is 5.32 Å². The van der Waals surface area contributed by atoms with Crippen molar-refractivity contribution in [3.63, 3.8) is 0 Å². The Morgan fingerprint density at radius 3 is 2.60 bits per heavy atom. The number of benzene rings is 2. The number of hydrogen-bond donors (Lipinski definition) is 2. The van der Waals surface area contributed by atoms with Gasteiger partial charge in [0.05, 0.1) is 16.3 Å². The van der Waals surface area contributed by atoms with Crippen LogP contribution in [-0.4, -0.2) is 11.0 Å². The third-order valence-corrected chi connectivity index (χ3v) is 3.59. The fourth-order valence-electron chi connectivity index (χ4n) is 2.36. The van der Waals surface area contributed by atoms with Crippen molar-refractivity contribution < 1.29 is 18.7 Å². The molecule has 1 heterocycles. The van der Waals surface area contributed by atoms with Crippen molar-refractivity contribution in [1.29, 1.82) is 0 Å². The van der Waals surface area contributed by atoms with Gasteiger partial charge in [0.1, 0.15) is 11.6 Å². The van der Waals surface area contributed by atoms with Crippen LogP contribution in [0.4, 0.5) is 14.5 Å². The average Bonchev–Trinajstić information content (AvgIpc) is 2.67. The van der Waals surface area contributed by atoms with Gasteiger partial charge in [-0.25, -0.2) is 8.78 Å². The van der Waals surface area contributed by atoms with E-state index in [1.165, 1.54) is 30.3 Å². The molecule has 0 bridgehead atoms. The molecule has 2 N–H and O–H groups in total. The lowest BCUT2D eigenvalue weighted by Crippen LogP contribution is -2.37. The first-order valence-electron chi connectivity index (χ1n) is 5.73. The number of carbonyl (C=O) groups is 1. The van der Waals surface area contributed by atoms with E-state index in [1.807, 2.05) is 0 Å². The number of hydrogen-bond acceptors (Lipinski definition) is 2. The number of carbonyl (C=O) groups excluding carboxylic acids is 1. The van der Waals surface area contributed by atoms with E-state index in [9.17, 15) is 18.7 Å². The highest BCUT2D eigenvalue weighted by molar-refractivity contribution is 6.30. The Hall–Kier alpha value is -1.98. The molecular formula is C14H8ClF2NO2. The van der Waals surface area contributed by atoms with Crippen LogP contribution in [-0.2, 0) is 10.4 Å². The van der Waals surface area contributed by atoms with Crippen molar-refractivity contribution in [3.8, 4) is 0 Å². The van der Waals surface area contributed by atoms with Gasteiger partial charge < -0.3 is 10.4 Å². The molecule has 3 rings (SSSR count). The van der Waals surface area contributed by atoms with Gasteiger partial charge in [0, 0.05) is 5.56 Å². The molecule has 6 heteroatoms. The van der Waals surface area contributed by atoms with Crippen LogP contribution in [0.3, 0.4) is 0 Å². The molecule has 3 nitrogen and oxygen atoms in total. The Bertz CT molecular complexity index is 735. The fraction of sp³-hybridized carbons (Fsp3) is 0.0714. The molecule has 1 aliphatic heterocycles. The number of halogens is 3. The van der Waals surface area contributed by atoms with E-state index in [0.29, 0.717) is 0 Å². The summed E-state index contributed by atoms with van der Waals surface area (Å²) in [5, 5.41) is 12.7. The lowest BCUT2D eigenvalue weighted by Gasteiger charge is -2.22. The van der Waals surface area contributed by atoms with Crippen molar-refractivity contribution in [1.82, 2.24) is 0 Å². The number of rotatable bonds is 1. The second-order valence-corrected chi connectivity index (χ2v) is 4.84. The molecule has 0 saturated carbocycles. The zero-order valence-electron chi connectivity index (χ0n) is 9.95. The summed E-state index contributed by atoms with van der Waals surface area (Å²) in [6.45, 7) is 0. The molecular weight excluding hydrogens is 288 g/mol. The van der Waals surface area contributed by atoms with Gasteiger partial charge in [0.15, 0.2) is 0 Å². The lowest BCUT2D eigenvalue weighted by molar-refractivity contribution is -0.130. The first-order valence-corrected chi connectivity index (χ1v) is 6.11. The minimum Gasteiger partial charge on any atom is -0.371 e. The van der Waals surface area contributed by atoms with Gasteiger partial charge in [-0.2, -0.15) is 0 Å². The quantitative estimate of drug-likeness (QED) is 0.850. The number of amides is 1. The second-order valence-electron chi connectivity index (χ2n) is 4.43.